The van der Waals surface area contributed by atoms with Crippen LogP contribution in [0.2, 0.25) is 0 Å². The third-order valence-electron chi connectivity index (χ3n) is 3.48. The van der Waals surface area contributed by atoms with Crippen molar-refractivity contribution < 1.29 is 9.84 Å². The highest BCUT2D eigenvalue weighted by atomic mass is 16.5. The van der Waals surface area contributed by atoms with Crippen LogP contribution >= 0.6 is 0 Å². The first-order chi connectivity index (χ1) is 9.66. The van der Waals surface area contributed by atoms with Crippen LogP contribution in [0.15, 0.2) is 29.1 Å². The minimum absolute atomic E-state index is 0.0563. The number of hydrogen-bond donors (Lipinski definition) is 1. The van der Waals surface area contributed by atoms with Crippen LogP contribution in [0.5, 0.6) is 11.5 Å². The summed E-state index contributed by atoms with van der Waals surface area (Å²) in [6.07, 6.45) is 4.28. The Labute approximate surface area is 118 Å². The van der Waals surface area contributed by atoms with E-state index in [4.69, 9.17) is 4.74 Å². The normalized spacial score (nSPS) is 10.9. The zero-order chi connectivity index (χ0) is 14.5. The van der Waals surface area contributed by atoms with Crippen molar-refractivity contribution in [2.24, 2.45) is 7.05 Å². The first-order valence-corrected chi connectivity index (χ1v) is 7.10. The zero-order valence-electron chi connectivity index (χ0n) is 12.1. The number of ether oxygens (including phenoxy) is 1. The van der Waals surface area contributed by atoms with E-state index < -0.39 is 0 Å². The van der Waals surface area contributed by atoms with E-state index in [9.17, 15) is 9.90 Å². The molecule has 108 valence electrons. The number of aromatic nitrogens is 1. The summed E-state index contributed by atoms with van der Waals surface area (Å²) >= 11 is 0. The summed E-state index contributed by atoms with van der Waals surface area (Å²) in [6, 6.07) is 7.26. The minimum Gasteiger partial charge on any atom is -0.504 e. The van der Waals surface area contributed by atoms with E-state index in [-0.39, 0.29) is 17.1 Å². The molecule has 0 spiro atoms. The fourth-order valence-corrected chi connectivity index (χ4v) is 2.28. The van der Waals surface area contributed by atoms with Gasteiger partial charge in [0, 0.05) is 12.4 Å². The van der Waals surface area contributed by atoms with E-state index in [0.29, 0.717) is 17.5 Å². The molecule has 0 fully saturated rings. The molecule has 2 rings (SSSR count). The number of nitrogens with zero attached hydrogens (tertiary/aromatic N) is 1. The van der Waals surface area contributed by atoms with Gasteiger partial charge in [0.15, 0.2) is 5.75 Å². The Bertz CT molecular complexity index is 646. The molecular weight excluding hydrogens is 254 g/mol. The maximum atomic E-state index is 12.2. The van der Waals surface area contributed by atoms with Gasteiger partial charge in [-0.25, -0.2) is 0 Å². The van der Waals surface area contributed by atoms with E-state index in [1.807, 2.05) is 18.2 Å². The van der Waals surface area contributed by atoms with Crippen LogP contribution in [0, 0.1) is 0 Å². The highest BCUT2D eigenvalue weighted by Crippen LogP contribution is 2.30. The van der Waals surface area contributed by atoms with Gasteiger partial charge in [-0.05, 0) is 18.6 Å². The number of hydrogen-bond acceptors (Lipinski definition) is 3. The summed E-state index contributed by atoms with van der Waals surface area (Å²) in [5.74, 6) is 0.00175. The number of pyridine rings is 1. The van der Waals surface area contributed by atoms with E-state index in [2.05, 4.69) is 6.92 Å². The molecule has 0 aliphatic heterocycles. The Morgan fingerprint density at radius 3 is 2.70 bits per heavy atom. The van der Waals surface area contributed by atoms with Crippen molar-refractivity contribution in [1.82, 2.24) is 4.57 Å². The highest BCUT2D eigenvalue weighted by Gasteiger charge is 2.15. The third-order valence-corrected chi connectivity index (χ3v) is 3.48. The molecular formula is C16H21NO3. The molecule has 0 bridgehead atoms. The Morgan fingerprint density at radius 2 is 1.95 bits per heavy atom. The first kappa shape index (κ1) is 14.4. The number of aryl methyl sites for hydroxylation is 1. The quantitative estimate of drug-likeness (QED) is 0.824. The first-order valence-electron chi connectivity index (χ1n) is 7.10. The topological polar surface area (TPSA) is 51.5 Å². The Balaban J connectivity index is 2.27. The zero-order valence-corrected chi connectivity index (χ0v) is 12.1. The van der Waals surface area contributed by atoms with Crippen molar-refractivity contribution in [2.45, 2.75) is 32.6 Å². The molecule has 0 radical (unpaired) electrons. The fourth-order valence-electron chi connectivity index (χ4n) is 2.28. The van der Waals surface area contributed by atoms with Gasteiger partial charge in [-0.1, -0.05) is 38.3 Å². The van der Waals surface area contributed by atoms with Gasteiger partial charge in [0.25, 0.3) is 5.56 Å². The average molecular weight is 275 g/mol. The highest BCUT2D eigenvalue weighted by molar-refractivity contribution is 5.87. The summed E-state index contributed by atoms with van der Waals surface area (Å²) in [4.78, 5) is 12.2. The second-order valence-corrected chi connectivity index (χ2v) is 4.97. The van der Waals surface area contributed by atoms with Crippen molar-refractivity contribution in [3.63, 3.8) is 0 Å². The van der Waals surface area contributed by atoms with Gasteiger partial charge in [-0.3, -0.25) is 4.79 Å². The van der Waals surface area contributed by atoms with Crippen molar-refractivity contribution in [1.29, 1.82) is 0 Å². The van der Waals surface area contributed by atoms with Crippen LogP contribution in [-0.2, 0) is 7.05 Å². The van der Waals surface area contributed by atoms with Crippen LogP contribution in [-0.4, -0.2) is 16.3 Å². The molecule has 0 aliphatic carbocycles. The van der Waals surface area contributed by atoms with Gasteiger partial charge in [-0.15, -0.1) is 0 Å². The molecule has 0 atom stereocenters. The molecule has 0 saturated heterocycles. The van der Waals surface area contributed by atoms with Crippen LogP contribution in [0.3, 0.4) is 0 Å². The second-order valence-electron chi connectivity index (χ2n) is 4.97. The predicted molar refractivity (Wildman–Crippen MR) is 80.5 cm³/mol. The van der Waals surface area contributed by atoms with Crippen LogP contribution in [0.25, 0.3) is 10.9 Å². The van der Waals surface area contributed by atoms with Crippen molar-refractivity contribution in [3.8, 4) is 11.5 Å². The molecule has 20 heavy (non-hydrogen) atoms. The minimum atomic E-state index is -0.295. The molecule has 1 heterocycles. The maximum absolute atomic E-state index is 12.2. The van der Waals surface area contributed by atoms with Gasteiger partial charge in [0.05, 0.1) is 12.1 Å². The molecule has 4 heteroatoms. The van der Waals surface area contributed by atoms with Crippen molar-refractivity contribution >= 4 is 10.9 Å². The molecule has 1 N–H and O–H groups in total. The summed E-state index contributed by atoms with van der Waals surface area (Å²) in [5.41, 5.74) is 0.407. The Morgan fingerprint density at radius 1 is 1.20 bits per heavy atom. The smallest absolute Gasteiger partial charge is 0.297 e. The van der Waals surface area contributed by atoms with E-state index in [1.54, 1.807) is 13.1 Å². The lowest BCUT2D eigenvalue weighted by Gasteiger charge is -2.12. The SMILES string of the molecule is CCCCCCOc1c(O)c2ccccc2n(C)c1=O. The maximum Gasteiger partial charge on any atom is 0.297 e. The number of unbranched alkanes of at least 4 members (excludes halogenated alkanes) is 3. The summed E-state index contributed by atoms with van der Waals surface area (Å²) < 4.78 is 7.03. The van der Waals surface area contributed by atoms with E-state index in [1.165, 1.54) is 4.57 Å². The lowest BCUT2D eigenvalue weighted by atomic mass is 10.2. The largest absolute Gasteiger partial charge is 0.504 e. The lowest BCUT2D eigenvalue weighted by molar-refractivity contribution is 0.285. The Kier molecular flexibility index (Phi) is 4.66. The van der Waals surface area contributed by atoms with Gasteiger partial charge in [0.1, 0.15) is 0 Å². The lowest BCUT2D eigenvalue weighted by Crippen LogP contribution is -2.20. The third kappa shape index (κ3) is 2.79. The van der Waals surface area contributed by atoms with Gasteiger partial charge in [-0.2, -0.15) is 0 Å². The van der Waals surface area contributed by atoms with Crippen LogP contribution in [0.4, 0.5) is 0 Å². The van der Waals surface area contributed by atoms with E-state index in [0.717, 1.165) is 25.7 Å². The fraction of sp³-hybridized carbons (Fsp3) is 0.438. The predicted octanol–water partition coefficient (Wildman–Crippen LogP) is 3.20. The van der Waals surface area contributed by atoms with E-state index >= 15 is 0 Å². The number of rotatable bonds is 6. The number of benzene rings is 1. The van der Waals surface area contributed by atoms with Crippen molar-refractivity contribution in [3.05, 3.63) is 34.6 Å². The molecule has 4 nitrogen and oxygen atoms in total. The van der Waals surface area contributed by atoms with Crippen LogP contribution < -0.4 is 10.3 Å². The van der Waals surface area contributed by atoms with Crippen LogP contribution in [0.1, 0.15) is 32.6 Å². The molecule has 1 aromatic heterocycles. The number of aromatic hydroxyl groups is 1. The number of fused-ring (bicyclic) bond motifs is 1. The Hall–Kier alpha value is -1.97. The number of para-hydroxylation sites is 1. The molecule has 0 unspecified atom stereocenters. The molecule has 0 amide bonds. The second kappa shape index (κ2) is 6.46. The van der Waals surface area contributed by atoms with Gasteiger partial charge >= 0.3 is 0 Å². The standard InChI is InChI=1S/C16H21NO3/c1-3-4-5-8-11-20-15-14(18)12-9-6-7-10-13(12)17(2)16(15)19/h6-7,9-10,18H,3-5,8,11H2,1-2H3. The molecule has 0 saturated carbocycles. The van der Waals surface area contributed by atoms with Gasteiger partial charge < -0.3 is 14.4 Å². The molecule has 0 aliphatic rings. The summed E-state index contributed by atoms with van der Waals surface area (Å²) in [7, 11) is 1.69. The molecule has 1 aromatic carbocycles. The van der Waals surface area contributed by atoms with Gasteiger partial charge in [0.2, 0.25) is 5.75 Å². The van der Waals surface area contributed by atoms with Crippen molar-refractivity contribution in [2.75, 3.05) is 6.61 Å². The average Bonchev–Trinajstić information content (AvgIpc) is 2.48. The summed E-state index contributed by atoms with van der Waals surface area (Å²) in [6.45, 7) is 2.60. The monoisotopic (exact) mass is 275 g/mol. The summed E-state index contributed by atoms with van der Waals surface area (Å²) in [5, 5.41) is 10.9. The molecule has 2 aromatic rings.